The fourth-order valence-electron chi connectivity index (χ4n) is 3.26. The van der Waals surface area contributed by atoms with Gasteiger partial charge in [0.05, 0.1) is 30.3 Å². The topological polar surface area (TPSA) is 45.1 Å². The molecule has 0 spiro atoms. The third-order valence-electron chi connectivity index (χ3n) is 4.68. The zero-order chi connectivity index (χ0) is 17.8. The molecule has 0 N–H and O–H groups in total. The van der Waals surface area contributed by atoms with E-state index in [-0.39, 0.29) is 11.9 Å². The first kappa shape index (κ1) is 18.1. The molecule has 25 heavy (non-hydrogen) atoms. The number of ether oxygens (including phenoxy) is 1. The number of hydrogen-bond donors (Lipinski definition) is 0. The first-order chi connectivity index (χ1) is 12.1. The summed E-state index contributed by atoms with van der Waals surface area (Å²) in [6.07, 6.45) is 5.13. The van der Waals surface area contributed by atoms with Crippen molar-refractivity contribution in [2.45, 2.75) is 38.3 Å². The Morgan fingerprint density at radius 2 is 2.28 bits per heavy atom. The number of benzene rings is 1. The van der Waals surface area contributed by atoms with Gasteiger partial charge in [-0.1, -0.05) is 6.92 Å². The third kappa shape index (κ3) is 4.12. The van der Waals surface area contributed by atoms with Crippen LogP contribution in [0, 0.1) is 5.82 Å². The maximum atomic E-state index is 14.7. The molecule has 0 aromatic heterocycles. The number of carbonyl (C=O) groups excluding carboxylic acids is 1. The molecule has 0 bridgehead atoms. The fraction of sp³-hybridized carbons (Fsp3) is 0.556. The van der Waals surface area contributed by atoms with Crippen molar-refractivity contribution in [1.82, 2.24) is 0 Å². The smallest absolute Gasteiger partial charge is 0.414 e. The Morgan fingerprint density at radius 3 is 3.00 bits per heavy atom. The van der Waals surface area contributed by atoms with Gasteiger partial charge in [-0.3, -0.25) is 9.89 Å². The van der Waals surface area contributed by atoms with Crippen molar-refractivity contribution >= 4 is 32.4 Å². The predicted molar refractivity (Wildman–Crippen MR) is 102 cm³/mol. The summed E-state index contributed by atoms with van der Waals surface area (Å²) in [6.45, 7) is 5.44. The summed E-state index contributed by atoms with van der Waals surface area (Å²) in [5, 5.41) is 0. The monoisotopic (exact) mass is 365 g/mol. The Balaban J connectivity index is 1.76. The van der Waals surface area contributed by atoms with Gasteiger partial charge < -0.3 is 9.64 Å². The average Bonchev–Trinajstić information content (AvgIpc) is 2.82. The lowest BCUT2D eigenvalue weighted by Gasteiger charge is -2.20. The van der Waals surface area contributed by atoms with Gasteiger partial charge in [0, 0.05) is 12.7 Å². The van der Waals surface area contributed by atoms with Crippen molar-refractivity contribution in [1.29, 1.82) is 0 Å². The third-order valence-corrected chi connectivity index (χ3v) is 5.55. The lowest BCUT2D eigenvalue weighted by Crippen LogP contribution is -2.26. The number of amides is 1. The summed E-state index contributed by atoms with van der Waals surface area (Å²) in [4.78, 5) is 19.9. The molecule has 1 aromatic carbocycles. The number of rotatable bonds is 5. The van der Waals surface area contributed by atoms with Crippen molar-refractivity contribution in [3.05, 3.63) is 24.0 Å². The number of aliphatic imine (C=N–C) groups is 1. The van der Waals surface area contributed by atoms with Crippen LogP contribution in [-0.2, 0) is 4.74 Å². The Kier molecular flexibility index (Phi) is 5.89. The van der Waals surface area contributed by atoms with E-state index in [0.29, 0.717) is 24.0 Å². The second kappa shape index (κ2) is 8.13. The number of nitrogens with zero attached hydrogens (tertiary/aromatic N) is 3. The summed E-state index contributed by atoms with van der Waals surface area (Å²) in [5.74, 6) is -0.340. The van der Waals surface area contributed by atoms with Crippen LogP contribution in [0.25, 0.3) is 0 Å². The molecule has 2 heterocycles. The van der Waals surface area contributed by atoms with E-state index in [0.717, 1.165) is 40.5 Å². The summed E-state index contributed by atoms with van der Waals surface area (Å²) in [5.41, 5.74) is 1.05. The lowest BCUT2D eigenvalue weighted by molar-refractivity contribution is 0.151. The zero-order valence-corrected chi connectivity index (χ0v) is 15.7. The molecule has 0 saturated carbocycles. The van der Waals surface area contributed by atoms with Crippen molar-refractivity contribution < 1.29 is 13.9 Å². The molecule has 7 heteroatoms. The predicted octanol–water partition coefficient (Wildman–Crippen LogP) is 3.87. The summed E-state index contributed by atoms with van der Waals surface area (Å²) >= 11 is 0. The summed E-state index contributed by atoms with van der Waals surface area (Å²) in [6, 6.07) is 5.25. The molecule has 5 nitrogen and oxygen atoms in total. The van der Waals surface area contributed by atoms with E-state index >= 15 is 0 Å². The molecule has 1 aromatic rings. The van der Waals surface area contributed by atoms with Crippen molar-refractivity contribution in [3.8, 4) is 0 Å². The average molecular weight is 365 g/mol. The van der Waals surface area contributed by atoms with Gasteiger partial charge in [-0.25, -0.2) is 9.18 Å². The molecule has 2 aliphatic heterocycles. The van der Waals surface area contributed by atoms with Gasteiger partial charge >= 0.3 is 6.09 Å². The van der Waals surface area contributed by atoms with Crippen LogP contribution in [0.1, 0.15) is 26.2 Å². The molecular weight excluding hydrogens is 340 g/mol. The van der Waals surface area contributed by atoms with Gasteiger partial charge in [-0.2, -0.15) is 0 Å². The molecule has 3 atom stereocenters. The van der Waals surface area contributed by atoms with Crippen LogP contribution in [0.5, 0.6) is 0 Å². The molecule has 3 unspecified atom stereocenters. The number of carbonyl (C=O) groups is 1. The molecule has 1 amide bonds. The highest BCUT2D eigenvalue weighted by Crippen LogP contribution is 2.29. The Morgan fingerprint density at radius 1 is 1.44 bits per heavy atom. The van der Waals surface area contributed by atoms with Crippen LogP contribution < -0.4 is 9.80 Å². The quantitative estimate of drug-likeness (QED) is 0.744. The lowest BCUT2D eigenvalue weighted by atomic mass is 10.1. The molecule has 3 rings (SSSR count). The van der Waals surface area contributed by atoms with Crippen LogP contribution in [0.4, 0.5) is 20.6 Å². The molecule has 1 saturated heterocycles. The first-order valence-electron chi connectivity index (χ1n) is 8.84. The van der Waals surface area contributed by atoms with Crippen LogP contribution in [0.2, 0.25) is 0 Å². The first-order valence-corrected chi connectivity index (χ1v) is 10.5. The van der Waals surface area contributed by atoms with Gasteiger partial charge in [0.2, 0.25) is 0 Å². The van der Waals surface area contributed by atoms with Crippen molar-refractivity contribution in [2.75, 3.05) is 35.7 Å². The highest BCUT2D eigenvalue weighted by Gasteiger charge is 2.32. The van der Waals surface area contributed by atoms with Gasteiger partial charge in [0.15, 0.2) is 0 Å². The summed E-state index contributed by atoms with van der Waals surface area (Å²) < 4.78 is 20.0. The molecule has 1 fully saturated rings. The number of hydrogen-bond acceptors (Lipinski definition) is 4. The number of anilines is 2. The fourth-order valence-corrected chi connectivity index (χ4v) is 3.93. The number of cyclic esters (lactones) is 1. The second-order valence-corrected chi connectivity index (χ2v) is 7.59. The van der Waals surface area contributed by atoms with Crippen LogP contribution in [0.3, 0.4) is 0 Å². The van der Waals surface area contributed by atoms with Crippen molar-refractivity contribution in [2.24, 2.45) is 4.99 Å². The Bertz CT molecular complexity index is 655. The van der Waals surface area contributed by atoms with E-state index in [1.807, 2.05) is 4.90 Å². The maximum absolute atomic E-state index is 14.7. The SMILES string of the molecule is CCC1CCCN(c2ccc(N3CC(CPC)OC3=O)cc2F)C=N1. The summed E-state index contributed by atoms with van der Waals surface area (Å²) in [7, 11) is 0.725. The zero-order valence-electron chi connectivity index (χ0n) is 14.7. The van der Waals surface area contributed by atoms with Crippen LogP contribution >= 0.6 is 8.58 Å². The molecule has 0 radical (unpaired) electrons. The Hall–Kier alpha value is -1.68. The van der Waals surface area contributed by atoms with E-state index in [1.54, 1.807) is 18.5 Å². The van der Waals surface area contributed by atoms with E-state index in [4.69, 9.17) is 4.74 Å². The van der Waals surface area contributed by atoms with Crippen LogP contribution in [-0.4, -0.2) is 50.5 Å². The van der Waals surface area contributed by atoms with E-state index in [2.05, 4.69) is 18.6 Å². The number of halogens is 1. The normalized spacial score (nSPS) is 24.2. The standard InChI is InChI=1S/C18H25FN3O2P/c1-3-13-5-4-8-21(12-20-13)17-7-6-14(9-16(17)19)22-10-15(11-25-2)24-18(22)23/h6-7,9,12-13,15,25H,3-5,8,10-11H2,1-2H3. The van der Waals surface area contributed by atoms with Gasteiger partial charge in [-0.15, -0.1) is 8.58 Å². The van der Waals surface area contributed by atoms with E-state index < -0.39 is 6.09 Å². The van der Waals surface area contributed by atoms with Crippen molar-refractivity contribution in [3.63, 3.8) is 0 Å². The van der Waals surface area contributed by atoms with Gasteiger partial charge in [0.25, 0.3) is 0 Å². The minimum Gasteiger partial charge on any atom is -0.444 e. The molecule has 2 aliphatic rings. The van der Waals surface area contributed by atoms with E-state index in [9.17, 15) is 9.18 Å². The highest BCUT2D eigenvalue weighted by molar-refractivity contribution is 7.37. The Labute approximate surface area is 150 Å². The minimum atomic E-state index is -0.391. The van der Waals surface area contributed by atoms with Gasteiger partial charge in [-0.05, 0) is 44.1 Å². The van der Waals surface area contributed by atoms with Gasteiger partial charge in [0.1, 0.15) is 11.9 Å². The second-order valence-electron chi connectivity index (χ2n) is 6.47. The molecule has 136 valence electrons. The molecular formula is C18H25FN3O2P. The highest BCUT2D eigenvalue weighted by atomic mass is 31.1. The maximum Gasteiger partial charge on any atom is 0.414 e. The van der Waals surface area contributed by atoms with E-state index in [1.165, 1.54) is 11.0 Å². The van der Waals surface area contributed by atoms with Crippen LogP contribution in [0.15, 0.2) is 23.2 Å². The minimum absolute atomic E-state index is 0.0951. The molecule has 0 aliphatic carbocycles. The largest absolute Gasteiger partial charge is 0.444 e.